The highest BCUT2D eigenvalue weighted by atomic mass is 19.4. The molecule has 0 saturated heterocycles. The van der Waals surface area contributed by atoms with Crippen molar-refractivity contribution in [1.29, 1.82) is 0 Å². The van der Waals surface area contributed by atoms with Crippen molar-refractivity contribution in [3.63, 3.8) is 0 Å². The number of nitrogens with one attached hydrogen (secondary N) is 1. The van der Waals surface area contributed by atoms with Crippen molar-refractivity contribution < 1.29 is 23.0 Å². The van der Waals surface area contributed by atoms with Crippen LogP contribution in [0.4, 0.5) is 19.1 Å². The van der Waals surface area contributed by atoms with Gasteiger partial charge in [-0.25, -0.2) is 14.5 Å². The van der Waals surface area contributed by atoms with Gasteiger partial charge in [-0.3, -0.25) is 4.40 Å². The van der Waals surface area contributed by atoms with Crippen molar-refractivity contribution >= 4 is 17.2 Å². The van der Waals surface area contributed by atoms with Crippen LogP contribution in [0, 0.1) is 0 Å². The fraction of sp³-hybridized carbons (Fsp3) is 0.400. The molecule has 0 bridgehead atoms. The summed E-state index contributed by atoms with van der Waals surface area (Å²) in [6, 6.07) is 1.57. The summed E-state index contributed by atoms with van der Waals surface area (Å²) in [7, 11) is 0. The second-order valence-electron chi connectivity index (χ2n) is 8.20. The molecule has 1 fully saturated rings. The molecule has 1 aliphatic carbocycles. The molecule has 0 atom stereocenters. The highest BCUT2D eigenvalue weighted by Crippen LogP contribution is 2.35. The number of aromatic nitrogens is 6. The summed E-state index contributed by atoms with van der Waals surface area (Å²) in [5.74, 6) is -0.115. The number of anilines is 1. The second kappa shape index (κ2) is 7.33. The van der Waals surface area contributed by atoms with Gasteiger partial charge in [-0.1, -0.05) is 0 Å². The number of aliphatic hydroxyl groups is 1. The molecule has 32 heavy (non-hydrogen) atoms. The highest BCUT2D eigenvalue weighted by Gasteiger charge is 2.34. The summed E-state index contributed by atoms with van der Waals surface area (Å²) in [6.45, 7) is 1.78. The summed E-state index contributed by atoms with van der Waals surface area (Å²) in [5, 5.41) is 17.5. The lowest BCUT2D eigenvalue weighted by atomic mass is 9.84. The Kier molecular flexibility index (Phi) is 4.69. The van der Waals surface area contributed by atoms with E-state index < -0.39 is 17.8 Å². The Morgan fingerprint density at radius 1 is 1.22 bits per heavy atom. The van der Waals surface area contributed by atoms with E-state index in [-0.39, 0.29) is 17.5 Å². The summed E-state index contributed by atoms with van der Waals surface area (Å²) < 4.78 is 46.8. The summed E-state index contributed by atoms with van der Waals surface area (Å²) in [6.07, 6.45) is 5.58. The number of alkyl halides is 3. The molecule has 9 nitrogen and oxygen atoms in total. The van der Waals surface area contributed by atoms with E-state index in [9.17, 15) is 18.3 Å². The third-order valence-electron chi connectivity index (χ3n) is 5.64. The summed E-state index contributed by atoms with van der Waals surface area (Å²) in [5.41, 5.74) is 0.338. The fourth-order valence-electron chi connectivity index (χ4n) is 3.99. The molecule has 0 aliphatic heterocycles. The number of ether oxygens (including phenoxy) is 1. The Hall–Kier alpha value is -3.41. The minimum absolute atomic E-state index is 0.0219. The predicted octanol–water partition coefficient (Wildman–Crippen LogP) is 3.44. The zero-order valence-corrected chi connectivity index (χ0v) is 17.0. The van der Waals surface area contributed by atoms with Crippen LogP contribution in [-0.2, 0) is 0 Å². The van der Waals surface area contributed by atoms with E-state index in [2.05, 4.69) is 30.1 Å². The van der Waals surface area contributed by atoms with E-state index in [1.165, 1.54) is 10.7 Å². The van der Waals surface area contributed by atoms with Gasteiger partial charge in [0.05, 0.1) is 5.60 Å². The summed E-state index contributed by atoms with van der Waals surface area (Å²) in [4.78, 5) is 12.3. The molecule has 0 amide bonds. The minimum Gasteiger partial charge on any atom is -0.390 e. The van der Waals surface area contributed by atoms with Gasteiger partial charge in [0.15, 0.2) is 0 Å². The van der Waals surface area contributed by atoms with Crippen LogP contribution in [-0.4, -0.2) is 52.1 Å². The van der Waals surface area contributed by atoms with Crippen molar-refractivity contribution in [1.82, 2.24) is 29.0 Å². The zero-order chi connectivity index (χ0) is 22.5. The maximum Gasteiger partial charge on any atom is 0.574 e. The quantitative estimate of drug-likeness (QED) is 0.494. The van der Waals surface area contributed by atoms with Crippen LogP contribution >= 0.6 is 0 Å². The molecular weight excluding hydrogens is 427 g/mol. The van der Waals surface area contributed by atoms with Gasteiger partial charge in [-0.15, -0.1) is 18.3 Å². The first-order valence-electron chi connectivity index (χ1n) is 10.1. The number of hydrogen-bond acceptors (Lipinski definition) is 7. The Morgan fingerprint density at radius 2 is 2.00 bits per heavy atom. The van der Waals surface area contributed by atoms with Gasteiger partial charge in [0.1, 0.15) is 5.52 Å². The van der Waals surface area contributed by atoms with Crippen LogP contribution in [0.2, 0.25) is 0 Å². The van der Waals surface area contributed by atoms with Gasteiger partial charge in [0.2, 0.25) is 11.7 Å². The molecule has 1 saturated carbocycles. The molecule has 4 aromatic rings. The third-order valence-corrected chi connectivity index (χ3v) is 5.64. The van der Waals surface area contributed by atoms with Crippen LogP contribution in [0.5, 0.6) is 5.88 Å². The average molecular weight is 447 g/mol. The van der Waals surface area contributed by atoms with Crippen LogP contribution in [0.15, 0.2) is 37.1 Å². The van der Waals surface area contributed by atoms with Crippen molar-refractivity contribution in [3.8, 4) is 17.0 Å². The molecular formula is C20H20F3N7O2. The summed E-state index contributed by atoms with van der Waals surface area (Å²) >= 11 is 0. The van der Waals surface area contributed by atoms with Gasteiger partial charge >= 0.3 is 6.36 Å². The predicted molar refractivity (Wildman–Crippen MR) is 108 cm³/mol. The van der Waals surface area contributed by atoms with E-state index in [0.29, 0.717) is 42.6 Å². The Bertz CT molecular complexity index is 1270. The SMILES string of the molecule is C[C@]1(O)CC[C@H](Nc2nc(OC(F)(F)F)c3c(-c4cnc5nccn5c4)ccn3n2)CC1. The first kappa shape index (κ1) is 20.5. The van der Waals surface area contributed by atoms with Gasteiger partial charge in [0, 0.05) is 48.2 Å². The number of hydrogen-bond donors (Lipinski definition) is 2. The average Bonchev–Trinajstić information content (AvgIpc) is 3.34. The lowest BCUT2D eigenvalue weighted by Crippen LogP contribution is -2.36. The van der Waals surface area contributed by atoms with Gasteiger partial charge in [-0.2, -0.15) is 4.98 Å². The molecule has 1 aliphatic rings. The Morgan fingerprint density at radius 3 is 2.75 bits per heavy atom. The molecule has 168 valence electrons. The van der Waals surface area contributed by atoms with Crippen LogP contribution in [0.3, 0.4) is 0 Å². The minimum atomic E-state index is -4.93. The first-order valence-corrected chi connectivity index (χ1v) is 10.1. The largest absolute Gasteiger partial charge is 0.574 e. The molecule has 0 unspecified atom stereocenters. The van der Waals surface area contributed by atoms with E-state index in [0.717, 1.165) is 0 Å². The van der Waals surface area contributed by atoms with E-state index in [4.69, 9.17) is 0 Å². The molecule has 12 heteroatoms. The molecule has 5 rings (SSSR count). The van der Waals surface area contributed by atoms with Crippen molar-refractivity contribution in [3.05, 3.63) is 37.1 Å². The molecule has 4 aromatic heterocycles. The molecule has 0 radical (unpaired) electrons. The van der Waals surface area contributed by atoms with Crippen molar-refractivity contribution in [2.75, 3.05) is 5.32 Å². The van der Waals surface area contributed by atoms with E-state index in [1.54, 1.807) is 42.2 Å². The molecule has 0 aromatic carbocycles. The van der Waals surface area contributed by atoms with Gasteiger partial charge in [0.25, 0.3) is 5.88 Å². The van der Waals surface area contributed by atoms with Crippen LogP contribution in [0.25, 0.3) is 22.4 Å². The monoisotopic (exact) mass is 447 g/mol. The van der Waals surface area contributed by atoms with E-state index in [1.807, 2.05) is 0 Å². The smallest absolute Gasteiger partial charge is 0.390 e. The highest BCUT2D eigenvalue weighted by molar-refractivity contribution is 5.84. The number of nitrogens with zero attached hydrogens (tertiary/aromatic N) is 6. The van der Waals surface area contributed by atoms with Crippen molar-refractivity contribution in [2.24, 2.45) is 0 Å². The molecule has 4 heterocycles. The van der Waals surface area contributed by atoms with Gasteiger partial charge < -0.3 is 15.2 Å². The fourth-order valence-corrected chi connectivity index (χ4v) is 3.99. The van der Waals surface area contributed by atoms with Gasteiger partial charge in [-0.05, 0) is 38.7 Å². The molecule has 2 N–H and O–H groups in total. The number of fused-ring (bicyclic) bond motifs is 2. The lowest BCUT2D eigenvalue weighted by molar-refractivity contribution is -0.275. The standard InChI is InChI=1S/C20H20F3N7O2/c1-19(31)5-2-13(3-6-19)26-17-27-16(32-20(21,22)23)15-14(4-8-30(15)28-17)12-10-25-18-24-7-9-29(18)11-12/h4,7-11,13,31H,2-3,5-6H2,1H3,(H,26,28)/t13-,19-. The maximum atomic E-state index is 13.2. The Labute approximate surface area is 179 Å². The second-order valence-corrected chi connectivity index (χ2v) is 8.20. The topological polar surface area (TPSA) is 102 Å². The first-order chi connectivity index (χ1) is 15.2. The normalized spacial score (nSPS) is 21.8. The van der Waals surface area contributed by atoms with E-state index >= 15 is 0 Å². The number of imidazole rings is 1. The zero-order valence-electron chi connectivity index (χ0n) is 17.0. The van der Waals surface area contributed by atoms with Crippen LogP contribution < -0.4 is 10.1 Å². The van der Waals surface area contributed by atoms with Crippen LogP contribution in [0.1, 0.15) is 32.6 Å². The third kappa shape index (κ3) is 4.05. The lowest BCUT2D eigenvalue weighted by Gasteiger charge is -2.33. The maximum absolute atomic E-state index is 13.2. The molecule has 0 spiro atoms. The Balaban J connectivity index is 1.54. The van der Waals surface area contributed by atoms with Crippen molar-refractivity contribution in [2.45, 2.75) is 50.6 Å². The number of halogens is 3. The number of rotatable bonds is 4.